The van der Waals surface area contributed by atoms with Gasteiger partial charge in [0, 0.05) is 45.7 Å². The van der Waals surface area contributed by atoms with Crippen LogP contribution in [0, 0.1) is 0 Å². The average molecular weight is 855 g/mol. The number of halogens is 5. The molecule has 15 heteroatoms. The average Bonchev–Trinajstić information content (AvgIpc) is 3.20. The predicted octanol–water partition coefficient (Wildman–Crippen LogP) is 10.9. The van der Waals surface area contributed by atoms with E-state index in [9.17, 15) is 19.2 Å². The van der Waals surface area contributed by atoms with E-state index in [4.69, 9.17) is 67.5 Å². The Balaban J connectivity index is 0.000000470. The topological polar surface area (TPSA) is 126 Å². The number of benzene rings is 5. The Morgan fingerprint density at radius 3 is 1.95 bits per heavy atom. The molecule has 56 heavy (non-hydrogen) atoms. The highest BCUT2D eigenvalue weighted by molar-refractivity contribution is 6.67. The predicted molar refractivity (Wildman–Crippen MR) is 223 cm³/mol. The van der Waals surface area contributed by atoms with Crippen LogP contribution in [0.3, 0.4) is 0 Å². The summed E-state index contributed by atoms with van der Waals surface area (Å²) in [7, 11) is 1.59. The number of ether oxygens (including phenoxy) is 2. The molecular weight excluding hydrogens is 822 g/mol. The van der Waals surface area contributed by atoms with Gasteiger partial charge in [-0.3, -0.25) is 19.2 Å². The minimum atomic E-state index is -0.538. The van der Waals surface area contributed by atoms with E-state index in [0.29, 0.717) is 73.3 Å². The van der Waals surface area contributed by atoms with Crippen molar-refractivity contribution in [1.82, 2.24) is 5.01 Å². The fourth-order valence-corrected chi connectivity index (χ4v) is 6.08. The van der Waals surface area contributed by atoms with Crippen molar-refractivity contribution in [2.24, 2.45) is 5.10 Å². The molecule has 0 saturated carbocycles. The van der Waals surface area contributed by atoms with Crippen molar-refractivity contribution in [3.63, 3.8) is 0 Å². The first-order valence-electron chi connectivity index (χ1n) is 17.0. The van der Waals surface area contributed by atoms with E-state index >= 15 is 0 Å². The van der Waals surface area contributed by atoms with E-state index in [1.807, 2.05) is 25.1 Å². The van der Waals surface area contributed by atoms with Crippen LogP contribution in [0.25, 0.3) is 0 Å². The van der Waals surface area contributed by atoms with Crippen molar-refractivity contribution in [3.05, 3.63) is 151 Å². The molecule has 0 spiro atoms. The zero-order chi connectivity index (χ0) is 40.4. The Hall–Kier alpha value is -5.10. The van der Waals surface area contributed by atoms with Crippen molar-refractivity contribution in [2.45, 2.75) is 19.8 Å². The fourth-order valence-electron chi connectivity index (χ4n) is 5.36. The van der Waals surface area contributed by atoms with Crippen LogP contribution in [-0.4, -0.2) is 53.9 Å². The standard InChI is InChI=1S/C34H30Cl2N4O5.C7H3Cl3O/c1-3-45-31-20-22(12-16-30(31)44-2)29-8-5-17-40(39-29)34(43)24-6-4-7-26(18-24)38-32(41)21-9-13-25(14-10-21)37-33(42)23-11-15-27(35)28(36)19-23;8-5-2-1-4(7(10)11)3-6(5)9/h4,6-7,9-16,18-20H,3,5,8,17H2,1-2H3,(H,37,42)(H,38,41);1-3H. The van der Waals surface area contributed by atoms with Gasteiger partial charge in [0.2, 0.25) is 0 Å². The van der Waals surface area contributed by atoms with Crippen LogP contribution in [0.1, 0.15) is 66.8 Å². The number of hydrogen-bond acceptors (Lipinski definition) is 7. The molecule has 0 radical (unpaired) electrons. The molecule has 1 aliphatic rings. The number of nitrogens with zero attached hydrogens (tertiary/aromatic N) is 2. The molecule has 0 bridgehead atoms. The van der Waals surface area contributed by atoms with Crippen molar-refractivity contribution in [3.8, 4) is 11.5 Å². The van der Waals surface area contributed by atoms with E-state index in [2.05, 4.69) is 15.7 Å². The fraction of sp³-hybridized carbons (Fsp3) is 0.146. The Morgan fingerprint density at radius 1 is 0.679 bits per heavy atom. The molecule has 5 aromatic rings. The van der Waals surface area contributed by atoms with E-state index in [1.165, 1.54) is 29.3 Å². The van der Waals surface area contributed by atoms with Gasteiger partial charge in [0.05, 0.1) is 39.5 Å². The van der Waals surface area contributed by atoms with Gasteiger partial charge in [-0.25, -0.2) is 5.01 Å². The monoisotopic (exact) mass is 852 g/mol. The maximum Gasteiger partial charge on any atom is 0.274 e. The molecule has 5 aromatic carbocycles. The summed E-state index contributed by atoms with van der Waals surface area (Å²) in [6.07, 6.45) is 1.47. The van der Waals surface area contributed by atoms with Crippen LogP contribution < -0.4 is 20.1 Å². The molecular formula is C41H33Cl5N4O6. The molecule has 0 aliphatic carbocycles. The van der Waals surface area contributed by atoms with E-state index in [1.54, 1.807) is 67.8 Å². The van der Waals surface area contributed by atoms with Gasteiger partial charge in [0.1, 0.15) is 0 Å². The van der Waals surface area contributed by atoms with Gasteiger partial charge >= 0.3 is 0 Å². The van der Waals surface area contributed by atoms with E-state index in [-0.39, 0.29) is 22.7 Å². The van der Waals surface area contributed by atoms with Crippen molar-refractivity contribution in [2.75, 3.05) is 30.9 Å². The van der Waals surface area contributed by atoms with Crippen LogP contribution in [0.2, 0.25) is 20.1 Å². The van der Waals surface area contributed by atoms with Crippen molar-refractivity contribution < 1.29 is 28.7 Å². The molecule has 288 valence electrons. The second-order valence-electron chi connectivity index (χ2n) is 12.0. The highest BCUT2D eigenvalue weighted by Crippen LogP contribution is 2.30. The van der Waals surface area contributed by atoms with Gasteiger partial charge in [-0.05, 0) is 128 Å². The first-order valence-corrected chi connectivity index (χ1v) is 18.9. The number of rotatable bonds is 10. The zero-order valence-corrected chi connectivity index (χ0v) is 33.7. The number of methoxy groups -OCH3 is 1. The van der Waals surface area contributed by atoms with Crippen LogP contribution >= 0.6 is 58.0 Å². The molecule has 10 nitrogen and oxygen atoms in total. The normalized spacial score (nSPS) is 12.1. The van der Waals surface area contributed by atoms with Gasteiger partial charge in [-0.15, -0.1) is 0 Å². The molecule has 0 unspecified atom stereocenters. The largest absolute Gasteiger partial charge is 0.493 e. The lowest BCUT2D eigenvalue weighted by molar-refractivity contribution is 0.0751. The van der Waals surface area contributed by atoms with Gasteiger partial charge in [0.25, 0.3) is 23.0 Å². The summed E-state index contributed by atoms with van der Waals surface area (Å²) in [6, 6.07) is 27.8. The highest BCUT2D eigenvalue weighted by atomic mass is 35.5. The number of anilines is 2. The number of amides is 3. The number of hydrazone groups is 1. The van der Waals surface area contributed by atoms with Gasteiger partial charge in [-0.1, -0.05) is 52.5 Å². The molecule has 0 atom stereocenters. The smallest absolute Gasteiger partial charge is 0.274 e. The van der Waals surface area contributed by atoms with Gasteiger partial charge in [-0.2, -0.15) is 5.10 Å². The van der Waals surface area contributed by atoms with Crippen LogP contribution in [0.5, 0.6) is 11.5 Å². The molecule has 0 saturated heterocycles. The minimum absolute atomic E-state index is 0.274. The third-order valence-electron chi connectivity index (χ3n) is 8.16. The summed E-state index contributed by atoms with van der Waals surface area (Å²) in [5, 5.41) is 12.5. The van der Waals surface area contributed by atoms with Crippen molar-refractivity contribution in [1.29, 1.82) is 0 Å². The summed E-state index contributed by atoms with van der Waals surface area (Å²) in [4.78, 5) is 49.5. The first-order chi connectivity index (χ1) is 26.9. The summed E-state index contributed by atoms with van der Waals surface area (Å²) >= 11 is 28.3. The van der Waals surface area contributed by atoms with Crippen LogP contribution in [-0.2, 0) is 0 Å². The molecule has 0 aromatic heterocycles. The van der Waals surface area contributed by atoms with E-state index in [0.717, 1.165) is 24.1 Å². The second-order valence-corrected chi connectivity index (χ2v) is 13.9. The number of hydrogen-bond donors (Lipinski definition) is 2. The lowest BCUT2D eigenvalue weighted by Gasteiger charge is -2.24. The third-order valence-corrected chi connectivity index (χ3v) is 9.85. The summed E-state index contributed by atoms with van der Waals surface area (Å²) in [5.74, 6) is 0.242. The molecule has 1 aliphatic heterocycles. The quantitative estimate of drug-likeness (QED) is 0.135. The maximum absolute atomic E-state index is 13.4. The van der Waals surface area contributed by atoms with Crippen LogP contribution in [0.15, 0.2) is 108 Å². The van der Waals surface area contributed by atoms with Crippen LogP contribution in [0.4, 0.5) is 11.4 Å². The van der Waals surface area contributed by atoms with Crippen molar-refractivity contribution >= 4 is 98.1 Å². The van der Waals surface area contributed by atoms with Gasteiger partial charge < -0.3 is 20.1 Å². The third kappa shape index (κ3) is 11.0. The molecule has 6 rings (SSSR count). The summed E-state index contributed by atoms with van der Waals surface area (Å²) in [6.45, 7) is 2.87. The Labute approximate surface area is 348 Å². The Morgan fingerprint density at radius 2 is 1.30 bits per heavy atom. The van der Waals surface area contributed by atoms with Gasteiger partial charge in [0.15, 0.2) is 11.5 Å². The summed E-state index contributed by atoms with van der Waals surface area (Å²) < 4.78 is 11.1. The number of nitrogens with one attached hydrogen (secondary N) is 2. The first kappa shape index (κ1) is 42.1. The number of carbonyl (C=O) groups excluding carboxylic acids is 4. The minimum Gasteiger partial charge on any atom is -0.493 e. The second kappa shape index (κ2) is 19.7. The Kier molecular flexibility index (Phi) is 14.8. The molecule has 3 amide bonds. The maximum atomic E-state index is 13.4. The van der Waals surface area contributed by atoms with E-state index < -0.39 is 5.24 Å². The Bertz CT molecular complexity index is 2300. The molecule has 2 N–H and O–H groups in total. The lowest BCUT2D eigenvalue weighted by atomic mass is 10.0. The molecule has 1 heterocycles. The highest BCUT2D eigenvalue weighted by Gasteiger charge is 2.22. The SMILES string of the molecule is CCOc1cc(C2=NN(C(=O)c3cccc(NC(=O)c4ccc(NC(=O)c5ccc(Cl)c(Cl)c5)cc4)c3)CCC2)ccc1OC.O=C(Cl)c1ccc(Cl)c(Cl)c1. The number of carbonyl (C=O) groups is 4. The summed E-state index contributed by atoms with van der Waals surface area (Å²) in [5.41, 5.74) is 4.06. The lowest BCUT2D eigenvalue weighted by Crippen LogP contribution is -2.32. The molecule has 0 fully saturated rings. The zero-order valence-electron chi connectivity index (χ0n) is 29.9.